The van der Waals surface area contributed by atoms with E-state index in [2.05, 4.69) is 10.9 Å². The molecule has 0 atom stereocenters. The number of hydrogen-bond acceptors (Lipinski definition) is 2. The van der Waals surface area contributed by atoms with E-state index in [1.807, 2.05) is 0 Å². The number of halogens is 1. The molecule has 0 aromatic heterocycles. The van der Waals surface area contributed by atoms with Crippen LogP contribution in [0.25, 0.3) is 0 Å². The highest BCUT2D eigenvalue weighted by molar-refractivity contribution is 5.85. The normalized spacial score (nSPS) is 20.0. The molecule has 0 bridgehead atoms. The molecule has 3 heteroatoms. The molecule has 1 rings (SSSR count). The molecular formula is C3H9ClN2. The first-order chi connectivity index (χ1) is 2.50. The van der Waals surface area contributed by atoms with Gasteiger partial charge in [-0.2, -0.15) is 0 Å². The zero-order valence-corrected chi connectivity index (χ0v) is 4.35. The molecule has 1 aliphatic heterocycles. The Balaban J connectivity index is 0.000000250. The second-order valence-corrected chi connectivity index (χ2v) is 1.21. The van der Waals surface area contributed by atoms with Crippen LogP contribution in [0.3, 0.4) is 0 Å². The lowest BCUT2D eigenvalue weighted by molar-refractivity contribution is 0.689. The van der Waals surface area contributed by atoms with Crippen LogP contribution in [0.5, 0.6) is 0 Å². The first kappa shape index (κ1) is 6.21. The monoisotopic (exact) mass is 108 g/mol. The van der Waals surface area contributed by atoms with Crippen molar-refractivity contribution in [2.75, 3.05) is 13.1 Å². The van der Waals surface area contributed by atoms with E-state index < -0.39 is 0 Å². The molecule has 0 saturated carbocycles. The van der Waals surface area contributed by atoms with E-state index in [-0.39, 0.29) is 12.4 Å². The van der Waals surface area contributed by atoms with Gasteiger partial charge in [-0.3, -0.25) is 10.9 Å². The lowest BCUT2D eigenvalue weighted by Gasteiger charge is -1.81. The Morgan fingerprint density at radius 3 is 1.67 bits per heavy atom. The van der Waals surface area contributed by atoms with Crippen LogP contribution in [-0.2, 0) is 0 Å². The molecule has 1 saturated heterocycles. The van der Waals surface area contributed by atoms with Gasteiger partial charge in [0.2, 0.25) is 0 Å². The third kappa shape index (κ3) is 1.60. The zero-order chi connectivity index (χ0) is 3.54. The minimum Gasteiger partial charge on any atom is -0.258 e. The summed E-state index contributed by atoms with van der Waals surface area (Å²) in [5.74, 6) is 0. The molecule has 0 aromatic rings. The van der Waals surface area contributed by atoms with Gasteiger partial charge in [-0.15, -0.1) is 12.4 Å². The van der Waals surface area contributed by atoms with Crippen molar-refractivity contribution >= 4 is 12.4 Å². The molecule has 6 heavy (non-hydrogen) atoms. The van der Waals surface area contributed by atoms with Gasteiger partial charge < -0.3 is 0 Å². The van der Waals surface area contributed by atoms with Crippen LogP contribution in [0.2, 0.25) is 0 Å². The minimum absolute atomic E-state index is 0. The highest BCUT2D eigenvalue weighted by Crippen LogP contribution is 1.74. The van der Waals surface area contributed by atoms with Gasteiger partial charge in [-0.25, -0.2) is 0 Å². The Labute approximate surface area is 43.7 Å². The van der Waals surface area contributed by atoms with Crippen LogP contribution in [0.15, 0.2) is 0 Å². The van der Waals surface area contributed by atoms with Crippen LogP contribution in [0.4, 0.5) is 0 Å². The van der Waals surface area contributed by atoms with Gasteiger partial charge in [0.05, 0.1) is 0 Å². The highest BCUT2D eigenvalue weighted by atomic mass is 35.5. The van der Waals surface area contributed by atoms with Crippen molar-refractivity contribution in [2.45, 2.75) is 6.42 Å². The summed E-state index contributed by atoms with van der Waals surface area (Å²) in [5, 5.41) is 0. The quantitative estimate of drug-likeness (QED) is 0.453. The number of nitrogens with one attached hydrogen (secondary N) is 2. The predicted octanol–water partition coefficient (Wildman–Crippen LogP) is -0.0939. The largest absolute Gasteiger partial charge is 0.258 e. The standard InChI is InChI=1S/C3H8N2.ClH/c1-2-4-5-3-1;/h4-5H,1-3H2;1H. The molecular weight excluding hydrogens is 99.5 g/mol. The van der Waals surface area contributed by atoms with Crippen molar-refractivity contribution < 1.29 is 0 Å². The smallest absolute Gasteiger partial charge is 0.0112 e. The Hall–Kier alpha value is 0.210. The van der Waals surface area contributed by atoms with Crippen molar-refractivity contribution in [3.63, 3.8) is 0 Å². The van der Waals surface area contributed by atoms with Crippen molar-refractivity contribution in [1.29, 1.82) is 0 Å². The van der Waals surface area contributed by atoms with E-state index in [9.17, 15) is 0 Å². The molecule has 1 fully saturated rings. The Kier molecular flexibility index (Phi) is 3.52. The fourth-order valence-electron chi connectivity index (χ4n) is 0.442. The van der Waals surface area contributed by atoms with E-state index in [0.29, 0.717) is 0 Å². The van der Waals surface area contributed by atoms with Crippen LogP contribution >= 0.6 is 12.4 Å². The van der Waals surface area contributed by atoms with Crippen molar-refractivity contribution in [2.24, 2.45) is 0 Å². The van der Waals surface area contributed by atoms with E-state index in [4.69, 9.17) is 0 Å². The summed E-state index contributed by atoms with van der Waals surface area (Å²) >= 11 is 0. The SMILES string of the molecule is C1CNNC1.Cl. The third-order valence-electron chi connectivity index (χ3n) is 0.729. The van der Waals surface area contributed by atoms with Crippen LogP contribution in [-0.4, -0.2) is 13.1 Å². The number of rotatable bonds is 0. The molecule has 0 spiro atoms. The van der Waals surface area contributed by atoms with E-state index in [1.54, 1.807) is 0 Å². The third-order valence-corrected chi connectivity index (χ3v) is 0.729. The van der Waals surface area contributed by atoms with Crippen LogP contribution in [0.1, 0.15) is 6.42 Å². The van der Waals surface area contributed by atoms with Gasteiger partial charge in [0, 0.05) is 13.1 Å². The minimum atomic E-state index is 0. The topological polar surface area (TPSA) is 24.1 Å². The van der Waals surface area contributed by atoms with Gasteiger partial charge >= 0.3 is 0 Å². The summed E-state index contributed by atoms with van der Waals surface area (Å²) in [6.07, 6.45) is 1.28. The van der Waals surface area contributed by atoms with Crippen LogP contribution < -0.4 is 10.9 Å². The average molecular weight is 109 g/mol. The zero-order valence-electron chi connectivity index (χ0n) is 3.53. The molecule has 0 aliphatic carbocycles. The molecule has 0 radical (unpaired) electrons. The average Bonchev–Trinajstić information content (AvgIpc) is 1.76. The van der Waals surface area contributed by atoms with Gasteiger partial charge in [0.1, 0.15) is 0 Å². The maximum Gasteiger partial charge on any atom is 0.0112 e. The fourth-order valence-corrected chi connectivity index (χ4v) is 0.442. The highest BCUT2D eigenvalue weighted by Gasteiger charge is 1.91. The summed E-state index contributed by atoms with van der Waals surface area (Å²) in [6, 6.07) is 0. The maximum atomic E-state index is 2.97. The lowest BCUT2D eigenvalue weighted by atomic mass is 10.5. The van der Waals surface area contributed by atoms with Gasteiger partial charge in [-0.1, -0.05) is 0 Å². The second-order valence-electron chi connectivity index (χ2n) is 1.21. The lowest BCUT2D eigenvalue weighted by Crippen LogP contribution is -2.21. The number of hydrogen-bond donors (Lipinski definition) is 2. The Morgan fingerprint density at radius 2 is 1.50 bits per heavy atom. The fraction of sp³-hybridized carbons (Fsp3) is 1.00. The summed E-state index contributed by atoms with van der Waals surface area (Å²) in [5.41, 5.74) is 5.94. The predicted molar refractivity (Wildman–Crippen MR) is 27.9 cm³/mol. The van der Waals surface area contributed by atoms with E-state index >= 15 is 0 Å². The van der Waals surface area contributed by atoms with Crippen molar-refractivity contribution in [1.82, 2.24) is 10.9 Å². The van der Waals surface area contributed by atoms with Gasteiger partial charge in [0.25, 0.3) is 0 Å². The molecule has 0 amide bonds. The number of hydrazine groups is 1. The molecule has 2 nitrogen and oxygen atoms in total. The van der Waals surface area contributed by atoms with E-state index in [1.165, 1.54) is 6.42 Å². The van der Waals surface area contributed by atoms with Crippen molar-refractivity contribution in [3.05, 3.63) is 0 Å². The van der Waals surface area contributed by atoms with Gasteiger partial charge in [0.15, 0.2) is 0 Å². The second kappa shape index (κ2) is 3.40. The van der Waals surface area contributed by atoms with E-state index in [0.717, 1.165) is 13.1 Å². The van der Waals surface area contributed by atoms with Gasteiger partial charge in [-0.05, 0) is 6.42 Å². The molecule has 0 unspecified atom stereocenters. The molecule has 0 aromatic carbocycles. The molecule has 1 aliphatic rings. The first-order valence-corrected chi connectivity index (χ1v) is 1.96. The molecule has 1 heterocycles. The summed E-state index contributed by atoms with van der Waals surface area (Å²) < 4.78 is 0. The maximum absolute atomic E-state index is 2.97. The Bertz CT molecular complexity index is 20.4. The summed E-state index contributed by atoms with van der Waals surface area (Å²) in [7, 11) is 0. The molecule has 38 valence electrons. The molecule has 2 N–H and O–H groups in total. The summed E-state index contributed by atoms with van der Waals surface area (Å²) in [4.78, 5) is 0. The first-order valence-electron chi connectivity index (χ1n) is 1.96. The van der Waals surface area contributed by atoms with Crippen molar-refractivity contribution in [3.8, 4) is 0 Å². The Morgan fingerprint density at radius 1 is 1.00 bits per heavy atom. The summed E-state index contributed by atoms with van der Waals surface area (Å²) in [6.45, 7) is 2.28. The van der Waals surface area contributed by atoms with Crippen LogP contribution in [0, 0.1) is 0 Å².